The molecular weight excluding hydrogens is 332 g/mol. The van der Waals surface area contributed by atoms with E-state index in [0.717, 1.165) is 11.1 Å². The molecule has 0 spiro atoms. The van der Waals surface area contributed by atoms with E-state index in [4.69, 9.17) is 9.47 Å². The number of benzene rings is 2. The van der Waals surface area contributed by atoms with Gasteiger partial charge in [-0.3, -0.25) is 9.78 Å². The molecule has 0 atom stereocenters. The van der Waals surface area contributed by atoms with Crippen LogP contribution in [0.25, 0.3) is 11.3 Å². The van der Waals surface area contributed by atoms with E-state index in [9.17, 15) is 4.79 Å². The van der Waals surface area contributed by atoms with Crippen molar-refractivity contribution in [3.8, 4) is 22.8 Å². The molecule has 1 heterocycles. The van der Waals surface area contributed by atoms with Crippen LogP contribution in [0.1, 0.15) is 5.56 Å². The van der Waals surface area contributed by atoms with E-state index in [1.165, 1.54) is 6.07 Å². The summed E-state index contributed by atoms with van der Waals surface area (Å²) in [4.78, 5) is 18.9. The maximum absolute atomic E-state index is 11.9. The van der Waals surface area contributed by atoms with Crippen molar-refractivity contribution in [2.75, 3.05) is 19.6 Å². The van der Waals surface area contributed by atoms with Crippen molar-refractivity contribution in [1.82, 2.24) is 9.97 Å². The lowest BCUT2D eigenvalue weighted by Crippen LogP contribution is -2.10. The highest BCUT2D eigenvalue weighted by molar-refractivity contribution is 5.84. The fourth-order valence-electron chi connectivity index (χ4n) is 2.37. The smallest absolute Gasteiger partial charge is 0.252 e. The first-order valence-electron chi connectivity index (χ1n) is 7.87. The number of aromatic nitrogens is 2. The predicted octanol–water partition coefficient (Wildman–Crippen LogP) is 2.90. The highest BCUT2D eigenvalue weighted by Crippen LogP contribution is 2.22. The molecule has 3 rings (SSSR count). The molecule has 0 saturated carbocycles. The standard InChI is InChI=1S/C19H18N4O3/c1-25-15-8-9-17(26-2)14(10-15)12-20-23-19-21-16(11-18(24)22-19)13-6-4-3-5-7-13/h3-12H,1-2H3,(H2,21,22,23,24)/b20-12+. The number of anilines is 1. The summed E-state index contributed by atoms with van der Waals surface area (Å²) in [6.45, 7) is 0. The van der Waals surface area contributed by atoms with E-state index in [1.807, 2.05) is 30.3 Å². The van der Waals surface area contributed by atoms with Crippen molar-refractivity contribution in [2.45, 2.75) is 0 Å². The molecule has 0 bridgehead atoms. The van der Waals surface area contributed by atoms with Crippen LogP contribution in [0.2, 0.25) is 0 Å². The molecule has 0 fully saturated rings. The molecule has 7 nitrogen and oxygen atoms in total. The highest BCUT2D eigenvalue weighted by Gasteiger charge is 2.04. The Hall–Kier alpha value is -3.61. The van der Waals surface area contributed by atoms with Crippen molar-refractivity contribution in [1.29, 1.82) is 0 Å². The lowest BCUT2D eigenvalue weighted by Gasteiger charge is -2.07. The van der Waals surface area contributed by atoms with Crippen LogP contribution in [0.4, 0.5) is 5.95 Å². The average molecular weight is 350 g/mol. The molecule has 0 amide bonds. The molecule has 0 aliphatic heterocycles. The molecule has 1 aromatic heterocycles. The summed E-state index contributed by atoms with van der Waals surface area (Å²) in [5.41, 5.74) is 4.60. The largest absolute Gasteiger partial charge is 0.497 e. The maximum Gasteiger partial charge on any atom is 0.252 e. The van der Waals surface area contributed by atoms with Crippen LogP contribution in [0.3, 0.4) is 0 Å². The van der Waals surface area contributed by atoms with Gasteiger partial charge in [0, 0.05) is 17.2 Å². The lowest BCUT2D eigenvalue weighted by atomic mass is 10.1. The molecule has 0 saturated heterocycles. The second kappa shape index (κ2) is 7.98. The third-order valence-corrected chi connectivity index (χ3v) is 3.62. The lowest BCUT2D eigenvalue weighted by molar-refractivity contribution is 0.402. The van der Waals surface area contributed by atoms with Crippen LogP contribution >= 0.6 is 0 Å². The maximum atomic E-state index is 11.9. The number of ether oxygens (including phenoxy) is 2. The number of methoxy groups -OCH3 is 2. The van der Waals surface area contributed by atoms with Crippen molar-refractivity contribution >= 4 is 12.2 Å². The Balaban J connectivity index is 1.83. The summed E-state index contributed by atoms with van der Waals surface area (Å²) >= 11 is 0. The van der Waals surface area contributed by atoms with Gasteiger partial charge in [-0.1, -0.05) is 30.3 Å². The fraction of sp³-hybridized carbons (Fsp3) is 0.105. The van der Waals surface area contributed by atoms with Gasteiger partial charge in [0.25, 0.3) is 5.56 Å². The summed E-state index contributed by atoms with van der Waals surface area (Å²) in [6.07, 6.45) is 1.57. The van der Waals surface area contributed by atoms with Crippen molar-refractivity contribution in [3.63, 3.8) is 0 Å². The van der Waals surface area contributed by atoms with Gasteiger partial charge in [-0.2, -0.15) is 5.10 Å². The monoisotopic (exact) mass is 350 g/mol. The van der Waals surface area contributed by atoms with Gasteiger partial charge in [0.15, 0.2) is 0 Å². The van der Waals surface area contributed by atoms with Crippen molar-refractivity contribution in [2.24, 2.45) is 5.10 Å². The average Bonchev–Trinajstić information content (AvgIpc) is 2.68. The summed E-state index contributed by atoms with van der Waals surface area (Å²) in [7, 11) is 3.17. The Bertz CT molecular complexity index is 968. The molecule has 2 aromatic carbocycles. The van der Waals surface area contributed by atoms with Gasteiger partial charge in [-0.05, 0) is 18.2 Å². The third-order valence-electron chi connectivity index (χ3n) is 3.62. The Morgan fingerprint density at radius 1 is 1.08 bits per heavy atom. The van der Waals surface area contributed by atoms with Crippen LogP contribution in [0.15, 0.2) is 64.5 Å². The first-order chi connectivity index (χ1) is 12.7. The van der Waals surface area contributed by atoms with E-state index in [-0.39, 0.29) is 11.5 Å². The van der Waals surface area contributed by atoms with Gasteiger partial charge >= 0.3 is 0 Å². The molecule has 0 aliphatic carbocycles. The minimum Gasteiger partial charge on any atom is -0.497 e. The zero-order valence-electron chi connectivity index (χ0n) is 14.4. The minimum atomic E-state index is -0.268. The first kappa shape index (κ1) is 17.2. The number of hydrazone groups is 1. The van der Waals surface area contributed by atoms with E-state index < -0.39 is 0 Å². The number of hydrogen-bond acceptors (Lipinski definition) is 6. The number of H-pyrrole nitrogens is 1. The van der Waals surface area contributed by atoms with E-state index in [1.54, 1.807) is 38.6 Å². The van der Waals surface area contributed by atoms with E-state index in [2.05, 4.69) is 20.5 Å². The number of hydrogen-bond donors (Lipinski definition) is 2. The van der Waals surface area contributed by atoms with Gasteiger partial charge in [-0.25, -0.2) is 10.4 Å². The zero-order chi connectivity index (χ0) is 18.4. The van der Waals surface area contributed by atoms with Gasteiger partial charge in [0.1, 0.15) is 11.5 Å². The molecule has 3 aromatic rings. The van der Waals surface area contributed by atoms with Gasteiger partial charge in [0.2, 0.25) is 5.95 Å². The van der Waals surface area contributed by atoms with E-state index in [0.29, 0.717) is 17.2 Å². The summed E-state index contributed by atoms with van der Waals surface area (Å²) in [5, 5.41) is 4.13. The van der Waals surface area contributed by atoms with Crippen LogP contribution in [-0.2, 0) is 0 Å². The minimum absolute atomic E-state index is 0.245. The summed E-state index contributed by atoms with van der Waals surface area (Å²) in [6, 6.07) is 16.3. The first-order valence-corrected chi connectivity index (χ1v) is 7.87. The molecule has 132 valence electrons. The molecule has 0 aliphatic rings. The van der Waals surface area contributed by atoms with Crippen LogP contribution in [0, 0.1) is 0 Å². The third kappa shape index (κ3) is 4.07. The second-order valence-electron chi connectivity index (χ2n) is 5.32. The van der Waals surface area contributed by atoms with Gasteiger partial charge < -0.3 is 9.47 Å². The Morgan fingerprint density at radius 2 is 1.88 bits per heavy atom. The molecule has 0 radical (unpaired) electrons. The normalized spacial score (nSPS) is 10.7. The summed E-state index contributed by atoms with van der Waals surface area (Å²) in [5.74, 6) is 1.58. The van der Waals surface area contributed by atoms with Crippen molar-refractivity contribution < 1.29 is 9.47 Å². The Labute approximate surface area is 150 Å². The molecule has 0 unspecified atom stereocenters. The quantitative estimate of drug-likeness (QED) is 0.527. The van der Waals surface area contributed by atoms with E-state index >= 15 is 0 Å². The van der Waals surface area contributed by atoms with Crippen LogP contribution in [-0.4, -0.2) is 30.4 Å². The summed E-state index contributed by atoms with van der Waals surface area (Å²) < 4.78 is 10.5. The number of nitrogens with one attached hydrogen (secondary N) is 2. The highest BCUT2D eigenvalue weighted by atomic mass is 16.5. The number of rotatable bonds is 6. The fourth-order valence-corrected chi connectivity index (χ4v) is 2.37. The Morgan fingerprint density at radius 3 is 2.62 bits per heavy atom. The van der Waals surface area contributed by atoms with Crippen molar-refractivity contribution in [3.05, 3.63) is 70.5 Å². The Kier molecular flexibility index (Phi) is 5.28. The molecular formula is C19H18N4O3. The topological polar surface area (TPSA) is 88.6 Å². The predicted molar refractivity (Wildman–Crippen MR) is 101 cm³/mol. The second-order valence-corrected chi connectivity index (χ2v) is 5.32. The number of aromatic amines is 1. The SMILES string of the molecule is COc1ccc(OC)c(/C=N/Nc2nc(-c3ccccc3)cc(=O)[nH]2)c1. The molecule has 2 N–H and O–H groups in total. The van der Waals surface area contributed by atoms with Gasteiger partial charge in [-0.15, -0.1) is 0 Å². The molecule has 7 heteroatoms. The zero-order valence-corrected chi connectivity index (χ0v) is 14.4. The molecule has 26 heavy (non-hydrogen) atoms. The van der Waals surface area contributed by atoms with Crippen LogP contribution in [0.5, 0.6) is 11.5 Å². The van der Waals surface area contributed by atoms with Gasteiger partial charge in [0.05, 0.1) is 26.1 Å². The van der Waals surface area contributed by atoms with Crippen LogP contribution < -0.4 is 20.5 Å². The number of nitrogens with zero attached hydrogens (tertiary/aromatic N) is 2.